The van der Waals surface area contributed by atoms with E-state index < -0.39 is 9.05 Å². The number of hydrogen-bond acceptors (Lipinski definition) is 4. The lowest BCUT2D eigenvalue weighted by atomic mass is 10.0. The molecule has 0 aliphatic heterocycles. The summed E-state index contributed by atoms with van der Waals surface area (Å²) in [4.78, 5) is -0.154. The molecule has 1 aromatic rings. The Balaban J connectivity index is 3.72. The molecule has 0 amide bonds. The highest BCUT2D eigenvalue weighted by atomic mass is 35.7. The molecule has 0 radical (unpaired) electrons. The quantitative estimate of drug-likeness (QED) is 0.833. The molecule has 1 aromatic carbocycles. The summed E-state index contributed by atoms with van der Waals surface area (Å²) in [6, 6.07) is 5.17. The standard InChI is InChI=1S/C10H11ClN2O2S/c1-2-7-3-4-8(5-12)10(9(7)6-13)16(11,14)15/h3-4H,2,5,12H2,1H3. The summed E-state index contributed by atoms with van der Waals surface area (Å²) >= 11 is 0. The van der Waals surface area contributed by atoms with Crippen molar-refractivity contribution in [2.45, 2.75) is 24.8 Å². The van der Waals surface area contributed by atoms with Crippen molar-refractivity contribution in [1.82, 2.24) is 0 Å². The molecule has 6 heteroatoms. The van der Waals surface area contributed by atoms with Crippen molar-refractivity contribution in [2.75, 3.05) is 0 Å². The van der Waals surface area contributed by atoms with Crippen LogP contribution in [0.15, 0.2) is 17.0 Å². The number of nitrogens with two attached hydrogens (primary N) is 1. The Morgan fingerprint density at radius 2 is 2.00 bits per heavy atom. The van der Waals surface area contributed by atoms with Crippen molar-refractivity contribution in [3.8, 4) is 6.07 Å². The Kier molecular flexibility index (Phi) is 3.92. The molecule has 0 aromatic heterocycles. The summed E-state index contributed by atoms with van der Waals surface area (Å²) < 4.78 is 22.8. The zero-order valence-electron chi connectivity index (χ0n) is 8.70. The van der Waals surface area contributed by atoms with Gasteiger partial charge >= 0.3 is 0 Å². The Bertz CT molecular complexity index is 547. The van der Waals surface area contributed by atoms with Gasteiger partial charge in [0.2, 0.25) is 0 Å². The molecule has 0 aliphatic rings. The van der Waals surface area contributed by atoms with E-state index in [9.17, 15) is 8.42 Å². The summed E-state index contributed by atoms with van der Waals surface area (Å²) in [5.41, 5.74) is 6.54. The first-order chi connectivity index (χ1) is 7.45. The van der Waals surface area contributed by atoms with Gasteiger partial charge in [-0.1, -0.05) is 19.1 Å². The van der Waals surface area contributed by atoms with Crippen molar-refractivity contribution in [3.05, 3.63) is 28.8 Å². The number of nitriles is 1. The number of aryl methyl sites for hydroxylation is 1. The maximum absolute atomic E-state index is 11.4. The fourth-order valence-electron chi connectivity index (χ4n) is 1.52. The fourth-order valence-corrected chi connectivity index (χ4v) is 2.94. The molecule has 86 valence electrons. The van der Waals surface area contributed by atoms with Crippen molar-refractivity contribution >= 4 is 19.7 Å². The van der Waals surface area contributed by atoms with E-state index in [0.717, 1.165) is 0 Å². The molecule has 0 atom stereocenters. The minimum absolute atomic E-state index is 0.0277. The number of halogens is 1. The Labute approximate surface area is 99.1 Å². The van der Waals surface area contributed by atoms with Crippen LogP contribution < -0.4 is 5.73 Å². The van der Waals surface area contributed by atoms with E-state index in [4.69, 9.17) is 21.7 Å². The molecule has 0 saturated carbocycles. The number of rotatable bonds is 3. The predicted molar refractivity (Wildman–Crippen MR) is 61.5 cm³/mol. The minimum Gasteiger partial charge on any atom is -0.326 e. The first-order valence-electron chi connectivity index (χ1n) is 4.65. The SMILES string of the molecule is CCc1ccc(CN)c(S(=O)(=O)Cl)c1C#N. The fraction of sp³-hybridized carbons (Fsp3) is 0.300. The van der Waals surface area contributed by atoms with E-state index in [1.54, 1.807) is 12.1 Å². The minimum atomic E-state index is -3.95. The summed E-state index contributed by atoms with van der Waals surface area (Å²) in [5.74, 6) is 0. The Morgan fingerprint density at radius 1 is 1.44 bits per heavy atom. The second-order valence-electron chi connectivity index (χ2n) is 3.20. The normalized spacial score (nSPS) is 11.1. The largest absolute Gasteiger partial charge is 0.326 e. The van der Waals surface area contributed by atoms with Crippen LogP contribution in [0.2, 0.25) is 0 Å². The van der Waals surface area contributed by atoms with Crippen LogP contribution in [0.5, 0.6) is 0 Å². The lowest BCUT2D eigenvalue weighted by Gasteiger charge is -2.09. The molecule has 0 spiro atoms. The molecule has 2 N–H and O–H groups in total. The van der Waals surface area contributed by atoms with Crippen LogP contribution in [-0.2, 0) is 22.0 Å². The summed E-state index contributed by atoms with van der Waals surface area (Å²) in [7, 11) is 1.37. The Morgan fingerprint density at radius 3 is 2.38 bits per heavy atom. The smallest absolute Gasteiger partial charge is 0.262 e. The second-order valence-corrected chi connectivity index (χ2v) is 5.70. The Hall–Kier alpha value is -1.09. The maximum atomic E-state index is 11.4. The van der Waals surface area contributed by atoms with Crippen LogP contribution in [0.25, 0.3) is 0 Å². The molecule has 4 nitrogen and oxygen atoms in total. The van der Waals surface area contributed by atoms with Gasteiger partial charge in [0.25, 0.3) is 9.05 Å². The van der Waals surface area contributed by atoms with Crippen LogP contribution in [-0.4, -0.2) is 8.42 Å². The molecule has 0 saturated heterocycles. The van der Waals surface area contributed by atoms with Gasteiger partial charge in [0.15, 0.2) is 0 Å². The van der Waals surface area contributed by atoms with E-state index in [2.05, 4.69) is 0 Å². The van der Waals surface area contributed by atoms with Gasteiger partial charge in [-0.25, -0.2) is 8.42 Å². The van der Waals surface area contributed by atoms with Gasteiger partial charge in [0.1, 0.15) is 11.0 Å². The van der Waals surface area contributed by atoms with Gasteiger partial charge in [-0.3, -0.25) is 0 Å². The van der Waals surface area contributed by atoms with E-state index in [1.807, 2.05) is 13.0 Å². The average molecular weight is 259 g/mol. The molecule has 0 fully saturated rings. The molecular weight excluding hydrogens is 248 g/mol. The molecule has 16 heavy (non-hydrogen) atoms. The lowest BCUT2D eigenvalue weighted by molar-refractivity contribution is 0.608. The van der Waals surface area contributed by atoms with Gasteiger partial charge < -0.3 is 5.73 Å². The third-order valence-electron chi connectivity index (χ3n) is 2.28. The molecular formula is C10H11ClN2O2S. The highest BCUT2D eigenvalue weighted by Gasteiger charge is 2.22. The van der Waals surface area contributed by atoms with E-state index >= 15 is 0 Å². The monoisotopic (exact) mass is 258 g/mol. The van der Waals surface area contributed by atoms with Gasteiger partial charge in [-0.15, -0.1) is 0 Å². The first kappa shape index (κ1) is 13.0. The van der Waals surface area contributed by atoms with Crippen LogP contribution in [0.3, 0.4) is 0 Å². The third kappa shape index (κ3) is 2.35. The maximum Gasteiger partial charge on any atom is 0.262 e. The van der Waals surface area contributed by atoms with Gasteiger partial charge in [-0.2, -0.15) is 5.26 Å². The van der Waals surface area contributed by atoms with E-state index in [0.29, 0.717) is 17.5 Å². The van der Waals surface area contributed by atoms with Crippen molar-refractivity contribution in [1.29, 1.82) is 5.26 Å². The van der Waals surface area contributed by atoms with Gasteiger partial charge in [0, 0.05) is 17.2 Å². The van der Waals surface area contributed by atoms with E-state index in [-0.39, 0.29) is 17.0 Å². The van der Waals surface area contributed by atoms with Crippen molar-refractivity contribution < 1.29 is 8.42 Å². The van der Waals surface area contributed by atoms with Gasteiger partial charge in [-0.05, 0) is 17.5 Å². The lowest BCUT2D eigenvalue weighted by Crippen LogP contribution is -2.08. The van der Waals surface area contributed by atoms with Crippen molar-refractivity contribution in [2.24, 2.45) is 5.73 Å². The highest BCUT2D eigenvalue weighted by Crippen LogP contribution is 2.27. The van der Waals surface area contributed by atoms with Crippen LogP contribution in [0, 0.1) is 11.3 Å². The number of hydrogen-bond donors (Lipinski definition) is 1. The van der Waals surface area contributed by atoms with Gasteiger partial charge in [0.05, 0.1) is 5.56 Å². The molecule has 1 rings (SSSR count). The summed E-state index contributed by atoms with van der Waals surface area (Å²) in [5, 5.41) is 9.00. The third-order valence-corrected chi connectivity index (χ3v) is 3.70. The number of nitrogens with zero attached hydrogens (tertiary/aromatic N) is 1. The topological polar surface area (TPSA) is 84.0 Å². The van der Waals surface area contributed by atoms with Crippen LogP contribution >= 0.6 is 10.7 Å². The predicted octanol–water partition coefficient (Wildman–Crippen LogP) is 1.51. The average Bonchev–Trinajstić information content (AvgIpc) is 2.25. The van der Waals surface area contributed by atoms with E-state index in [1.165, 1.54) is 0 Å². The molecule has 0 unspecified atom stereocenters. The molecule has 0 heterocycles. The van der Waals surface area contributed by atoms with Crippen LogP contribution in [0.1, 0.15) is 23.6 Å². The highest BCUT2D eigenvalue weighted by molar-refractivity contribution is 8.13. The zero-order chi connectivity index (χ0) is 12.3. The number of benzene rings is 1. The second kappa shape index (κ2) is 4.83. The zero-order valence-corrected chi connectivity index (χ0v) is 10.3. The summed E-state index contributed by atoms with van der Waals surface area (Å²) in [6.07, 6.45) is 0.563. The molecule has 0 bridgehead atoms. The first-order valence-corrected chi connectivity index (χ1v) is 6.96. The summed E-state index contributed by atoms with van der Waals surface area (Å²) in [6.45, 7) is 1.86. The molecule has 0 aliphatic carbocycles. The van der Waals surface area contributed by atoms with Crippen LogP contribution in [0.4, 0.5) is 0 Å². The van der Waals surface area contributed by atoms with Crippen molar-refractivity contribution in [3.63, 3.8) is 0 Å².